The van der Waals surface area contributed by atoms with Crippen LogP contribution < -0.4 is 20.1 Å². The minimum absolute atomic E-state index is 0.0856. The van der Waals surface area contributed by atoms with E-state index in [0.29, 0.717) is 82.0 Å². The number of rotatable bonds is 12. The van der Waals surface area contributed by atoms with Gasteiger partial charge in [0.05, 0.1) is 53.7 Å². The summed E-state index contributed by atoms with van der Waals surface area (Å²) in [5, 5.41) is 14.5. The molecule has 2 fully saturated rings. The van der Waals surface area contributed by atoms with Gasteiger partial charge in [-0.05, 0) is 25.5 Å². The minimum Gasteiger partial charge on any atom is -0.480 e. The first kappa shape index (κ1) is 33.9. The molecule has 0 saturated carbocycles. The second-order valence-electron chi connectivity index (χ2n) is 12.4. The lowest BCUT2D eigenvalue weighted by Crippen LogP contribution is -2.35. The molecule has 258 valence electrons. The molecule has 5 heterocycles. The highest BCUT2D eigenvalue weighted by atomic mass is 35.5. The summed E-state index contributed by atoms with van der Waals surface area (Å²) in [6.45, 7) is 3.55. The zero-order valence-electron chi connectivity index (χ0n) is 27.7. The van der Waals surface area contributed by atoms with Gasteiger partial charge in [0, 0.05) is 73.0 Å². The van der Waals surface area contributed by atoms with Crippen LogP contribution in [0.3, 0.4) is 0 Å². The fourth-order valence-electron chi connectivity index (χ4n) is 6.61. The molecule has 0 radical (unpaired) electrons. The van der Waals surface area contributed by atoms with Crippen LogP contribution in [-0.4, -0.2) is 80.8 Å². The predicted octanol–water partition coefficient (Wildman–Crippen LogP) is 5.67. The summed E-state index contributed by atoms with van der Waals surface area (Å²) in [5.74, 6) is 1.33. The van der Waals surface area contributed by atoms with Crippen LogP contribution in [0, 0.1) is 0 Å². The van der Waals surface area contributed by atoms with Crippen LogP contribution in [0.15, 0.2) is 61.1 Å². The molecule has 2 atom stereocenters. The third kappa shape index (κ3) is 7.15. The number of aromatic nitrogens is 6. The molecule has 1 amide bonds. The summed E-state index contributed by atoms with van der Waals surface area (Å²) >= 11 is 14.2. The molecule has 0 bridgehead atoms. The van der Waals surface area contributed by atoms with Crippen molar-refractivity contribution in [3.05, 3.63) is 88.2 Å². The van der Waals surface area contributed by atoms with Crippen molar-refractivity contribution in [3.8, 4) is 45.4 Å². The van der Waals surface area contributed by atoms with E-state index in [0.717, 1.165) is 48.4 Å². The zero-order chi connectivity index (χ0) is 34.6. The van der Waals surface area contributed by atoms with E-state index >= 15 is 0 Å². The van der Waals surface area contributed by atoms with Crippen LogP contribution in [0.25, 0.3) is 33.6 Å². The van der Waals surface area contributed by atoms with Crippen LogP contribution in [0.2, 0.25) is 10.0 Å². The maximum atomic E-state index is 11.5. The molecule has 0 aliphatic carbocycles. The van der Waals surface area contributed by atoms with E-state index in [1.165, 1.54) is 0 Å². The van der Waals surface area contributed by atoms with Gasteiger partial charge in [-0.25, -0.2) is 9.97 Å². The number of H-pyrrole nitrogens is 1. The second kappa shape index (κ2) is 15.1. The van der Waals surface area contributed by atoms with Gasteiger partial charge in [-0.2, -0.15) is 5.10 Å². The Hall–Kier alpha value is -4.62. The number of methoxy groups -OCH3 is 2. The Morgan fingerprint density at radius 3 is 2.12 bits per heavy atom. The van der Waals surface area contributed by atoms with Crippen molar-refractivity contribution in [2.45, 2.75) is 44.3 Å². The van der Waals surface area contributed by atoms with Crippen molar-refractivity contribution in [2.24, 2.45) is 0 Å². The molecule has 12 nitrogen and oxygen atoms in total. The Morgan fingerprint density at radius 1 is 0.880 bits per heavy atom. The molecular formula is C36H37Cl2N9O3. The monoisotopic (exact) mass is 713 g/mol. The standard InChI is InChI=1S/C36H37Cl2N9O3/c1-49-35-30(16-39-15-22-9-10-32(48)43-22)40-17-28(44-35)25-7-3-5-23(33(25)37)24-6-4-8-26(34(24)38)29-18-41-31(36(45-29)50-2)20-47-14-12-21(19-47)27-11-13-42-46-27/h3-8,11,13,17-18,21-22,39H,9-10,12,14-16,19-20H2,1-2H3,(H,42,46)(H,43,48). The highest BCUT2D eigenvalue weighted by Crippen LogP contribution is 2.42. The number of carbonyl (C=O) groups excluding carboxylic acids is 1. The molecule has 3 N–H and O–H groups in total. The van der Waals surface area contributed by atoms with Gasteiger partial charge in [-0.1, -0.05) is 59.6 Å². The number of carbonyl (C=O) groups is 1. The predicted molar refractivity (Wildman–Crippen MR) is 191 cm³/mol. The van der Waals surface area contributed by atoms with Crippen molar-refractivity contribution < 1.29 is 14.3 Å². The summed E-state index contributed by atoms with van der Waals surface area (Å²) in [6.07, 6.45) is 7.70. The average Bonchev–Trinajstić information content (AvgIpc) is 3.92. The summed E-state index contributed by atoms with van der Waals surface area (Å²) in [7, 11) is 3.17. The lowest BCUT2D eigenvalue weighted by atomic mass is 9.98. The number of aromatic amines is 1. The van der Waals surface area contributed by atoms with E-state index in [2.05, 4.69) is 30.7 Å². The van der Waals surface area contributed by atoms with Crippen molar-refractivity contribution in [3.63, 3.8) is 0 Å². The van der Waals surface area contributed by atoms with E-state index in [1.807, 2.05) is 48.7 Å². The smallest absolute Gasteiger partial charge is 0.237 e. The van der Waals surface area contributed by atoms with Crippen LogP contribution in [0.4, 0.5) is 0 Å². The number of amides is 1. The molecule has 2 unspecified atom stereocenters. The molecule has 2 aromatic carbocycles. The lowest BCUT2D eigenvalue weighted by molar-refractivity contribution is -0.119. The van der Waals surface area contributed by atoms with Crippen LogP contribution in [0.5, 0.6) is 11.8 Å². The quantitative estimate of drug-likeness (QED) is 0.148. The lowest BCUT2D eigenvalue weighted by Gasteiger charge is -2.17. The van der Waals surface area contributed by atoms with Gasteiger partial charge in [0.1, 0.15) is 11.4 Å². The van der Waals surface area contributed by atoms with E-state index < -0.39 is 0 Å². The molecule has 50 heavy (non-hydrogen) atoms. The summed E-state index contributed by atoms with van der Waals surface area (Å²) in [4.78, 5) is 32.8. The maximum absolute atomic E-state index is 11.5. The Labute approximate surface area is 300 Å². The minimum atomic E-state index is 0.0856. The molecule has 7 rings (SSSR count). The van der Waals surface area contributed by atoms with Gasteiger partial charge in [0.25, 0.3) is 0 Å². The topological polar surface area (TPSA) is 143 Å². The van der Waals surface area contributed by atoms with Gasteiger partial charge < -0.3 is 20.1 Å². The Morgan fingerprint density at radius 2 is 1.52 bits per heavy atom. The fourth-order valence-corrected chi connectivity index (χ4v) is 7.26. The average molecular weight is 715 g/mol. The molecular weight excluding hydrogens is 677 g/mol. The van der Waals surface area contributed by atoms with Crippen molar-refractivity contribution in [1.82, 2.24) is 45.7 Å². The number of nitrogens with one attached hydrogen (secondary N) is 3. The largest absolute Gasteiger partial charge is 0.480 e. The van der Waals surface area contributed by atoms with Crippen LogP contribution >= 0.6 is 23.2 Å². The van der Waals surface area contributed by atoms with Gasteiger partial charge in [0.15, 0.2) is 0 Å². The van der Waals surface area contributed by atoms with Crippen molar-refractivity contribution in [1.29, 1.82) is 0 Å². The SMILES string of the molecule is COc1nc(-c2cccc(-c3cccc(-c4cnc(CN5CCC(c6cc[nH]n6)C5)c(OC)n4)c3Cl)c2Cl)cnc1CNCC1CCC(=O)N1. The molecule has 2 aliphatic rings. The Kier molecular flexibility index (Phi) is 10.2. The number of hydrogen-bond acceptors (Lipinski definition) is 10. The molecule has 2 aliphatic heterocycles. The van der Waals surface area contributed by atoms with E-state index in [-0.39, 0.29) is 11.9 Å². The number of likely N-dealkylation sites (tertiary alicyclic amines) is 1. The number of benzene rings is 2. The number of ether oxygens (including phenoxy) is 2. The number of nitrogens with zero attached hydrogens (tertiary/aromatic N) is 6. The number of hydrogen-bond donors (Lipinski definition) is 3. The van der Waals surface area contributed by atoms with Crippen molar-refractivity contribution >= 4 is 29.1 Å². The first-order valence-corrected chi connectivity index (χ1v) is 17.3. The second-order valence-corrected chi connectivity index (χ2v) is 13.2. The fraction of sp³-hybridized carbons (Fsp3) is 0.333. The van der Waals surface area contributed by atoms with Gasteiger partial charge in [-0.15, -0.1) is 0 Å². The summed E-state index contributed by atoms with van der Waals surface area (Å²) in [6, 6.07) is 13.6. The molecule has 14 heteroatoms. The van der Waals surface area contributed by atoms with Gasteiger partial charge in [-0.3, -0.25) is 24.8 Å². The molecule has 3 aromatic heterocycles. The summed E-state index contributed by atoms with van der Waals surface area (Å²) in [5.41, 5.74) is 6.53. The Bertz CT molecular complexity index is 1990. The first-order chi connectivity index (χ1) is 24.4. The first-order valence-electron chi connectivity index (χ1n) is 16.5. The van der Waals surface area contributed by atoms with Gasteiger partial charge in [0.2, 0.25) is 17.7 Å². The zero-order valence-corrected chi connectivity index (χ0v) is 29.3. The maximum Gasteiger partial charge on any atom is 0.237 e. The van der Waals surface area contributed by atoms with E-state index in [1.54, 1.807) is 26.6 Å². The highest BCUT2D eigenvalue weighted by Gasteiger charge is 2.27. The van der Waals surface area contributed by atoms with Crippen LogP contribution in [0.1, 0.15) is 42.3 Å². The van der Waals surface area contributed by atoms with E-state index in [4.69, 9.17) is 47.6 Å². The highest BCUT2D eigenvalue weighted by molar-refractivity contribution is 6.39. The van der Waals surface area contributed by atoms with Crippen molar-refractivity contribution in [2.75, 3.05) is 33.9 Å². The molecule has 5 aromatic rings. The van der Waals surface area contributed by atoms with E-state index in [9.17, 15) is 4.79 Å². The number of halogens is 2. The van der Waals surface area contributed by atoms with Crippen LogP contribution in [-0.2, 0) is 17.9 Å². The Balaban J connectivity index is 1.10. The normalized spacial score (nSPS) is 17.6. The summed E-state index contributed by atoms with van der Waals surface area (Å²) < 4.78 is 11.3. The molecule has 2 saturated heterocycles. The van der Waals surface area contributed by atoms with Gasteiger partial charge >= 0.3 is 0 Å². The third-order valence-corrected chi connectivity index (χ3v) is 10.0. The molecule has 0 spiro atoms. The third-order valence-electron chi connectivity index (χ3n) is 9.20.